The first-order chi connectivity index (χ1) is 5.70. The first kappa shape index (κ1) is 11.2. The molecule has 68 valence electrons. The fourth-order valence-corrected chi connectivity index (χ4v) is 0.684. The minimum absolute atomic E-state index is 1.11. The van der Waals surface area contributed by atoms with Gasteiger partial charge in [0.15, 0.2) is 0 Å². The molecule has 0 aromatic heterocycles. The molecule has 0 heterocycles. The van der Waals surface area contributed by atoms with Gasteiger partial charge in [0.25, 0.3) is 0 Å². The van der Waals surface area contributed by atoms with Crippen LogP contribution < -0.4 is 0 Å². The average Bonchev–Trinajstić information content (AvgIpc) is 2.10. The Morgan fingerprint density at radius 3 is 2.50 bits per heavy atom. The van der Waals surface area contributed by atoms with Crippen molar-refractivity contribution < 1.29 is 0 Å². The molecule has 0 unspecified atom stereocenters. The fourth-order valence-electron chi connectivity index (χ4n) is 0.684. The summed E-state index contributed by atoms with van der Waals surface area (Å²) in [6.07, 6.45) is 8.44. The van der Waals surface area contributed by atoms with E-state index < -0.39 is 0 Å². The van der Waals surface area contributed by atoms with Crippen LogP contribution in [0.25, 0.3) is 0 Å². The molecule has 1 heteroatoms. The molecule has 0 aliphatic rings. The standard InChI is InChI=1S/C11H19N/c1-5-7-8-11(4)12-9-10(3)6-2/h6,8-9H,5,7H2,1-4H3/b10-6-,11-8+,12-9-. The molecule has 0 fully saturated rings. The zero-order chi connectivity index (χ0) is 9.40. The van der Waals surface area contributed by atoms with Gasteiger partial charge in [-0.05, 0) is 32.8 Å². The summed E-state index contributed by atoms with van der Waals surface area (Å²) in [5.41, 5.74) is 2.32. The van der Waals surface area contributed by atoms with E-state index in [0.717, 1.165) is 12.1 Å². The van der Waals surface area contributed by atoms with Gasteiger partial charge in [0.05, 0.1) is 0 Å². The Morgan fingerprint density at radius 2 is 2.00 bits per heavy atom. The largest absolute Gasteiger partial charge is 0.262 e. The lowest BCUT2D eigenvalue weighted by Gasteiger charge is -1.92. The predicted molar refractivity (Wildman–Crippen MR) is 56.6 cm³/mol. The van der Waals surface area contributed by atoms with E-state index in [-0.39, 0.29) is 0 Å². The smallest absolute Gasteiger partial charge is 0.0332 e. The van der Waals surface area contributed by atoms with E-state index in [4.69, 9.17) is 0 Å². The third-order valence-corrected chi connectivity index (χ3v) is 1.66. The molecule has 0 saturated heterocycles. The van der Waals surface area contributed by atoms with Crippen molar-refractivity contribution in [3.05, 3.63) is 23.4 Å². The molecule has 0 aromatic rings. The van der Waals surface area contributed by atoms with Crippen molar-refractivity contribution in [2.24, 2.45) is 4.99 Å². The van der Waals surface area contributed by atoms with Crippen LogP contribution in [-0.4, -0.2) is 6.21 Å². The zero-order valence-corrected chi connectivity index (χ0v) is 8.59. The van der Waals surface area contributed by atoms with Gasteiger partial charge in [0.1, 0.15) is 0 Å². The Balaban J connectivity index is 3.98. The van der Waals surface area contributed by atoms with E-state index in [1.807, 2.05) is 20.1 Å². The summed E-state index contributed by atoms with van der Waals surface area (Å²) >= 11 is 0. The molecule has 0 bridgehead atoms. The second-order valence-electron chi connectivity index (χ2n) is 2.93. The Morgan fingerprint density at radius 1 is 1.33 bits per heavy atom. The van der Waals surface area contributed by atoms with Crippen molar-refractivity contribution in [1.82, 2.24) is 0 Å². The Kier molecular flexibility index (Phi) is 6.35. The summed E-state index contributed by atoms with van der Waals surface area (Å²) in [5, 5.41) is 0. The summed E-state index contributed by atoms with van der Waals surface area (Å²) < 4.78 is 0. The van der Waals surface area contributed by atoms with Gasteiger partial charge in [-0.2, -0.15) is 0 Å². The van der Waals surface area contributed by atoms with E-state index >= 15 is 0 Å². The average molecular weight is 165 g/mol. The third kappa shape index (κ3) is 5.90. The molecule has 0 rings (SSSR count). The number of rotatable bonds is 4. The molecule has 0 N–H and O–H groups in total. The number of unbranched alkanes of at least 4 members (excludes halogenated alkanes) is 1. The molecule has 1 nitrogen and oxygen atoms in total. The molecular formula is C11H19N. The van der Waals surface area contributed by atoms with Gasteiger partial charge in [-0.15, -0.1) is 0 Å². The fraction of sp³-hybridized carbons (Fsp3) is 0.545. The summed E-state index contributed by atoms with van der Waals surface area (Å²) in [7, 11) is 0. The maximum Gasteiger partial charge on any atom is 0.0332 e. The number of hydrogen-bond acceptors (Lipinski definition) is 1. The highest BCUT2D eigenvalue weighted by molar-refractivity contribution is 5.78. The highest BCUT2D eigenvalue weighted by atomic mass is 14.7. The van der Waals surface area contributed by atoms with Gasteiger partial charge in [0, 0.05) is 11.9 Å². The van der Waals surface area contributed by atoms with Crippen LogP contribution in [0.5, 0.6) is 0 Å². The van der Waals surface area contributed by atoms with Gasteiger partial charge < -0.3 is 0 Å². The second-order valence-corrected chi connectivity index (χ2v) is 2.93. The number of nitrogens with zero attached hydrogens (tertiary/aromatic N) is 1. The van der Waals surface area contributed by atoms with Crippen LogP contribution in [0.2, 0.25) is 0 Å². The van der Waals surface area contributed by atoms with Crippen LogP contribution in [0.15, 0.2) is 28.4 Å². The molecule has 0 spiro atoms. The number of hydrogen-bond donors (Lipinski definition) is 0. The molecular weight excluding hydrogens is 146 g/mol. The topological polar surface area (TPSA) is 12.4 Å². The van der Waals surface area contributed by atoms with Crippen molar-refractivity contribution >= 4 is 6.21 Å². The Bertz CT molecular complexity index is 197. The molecule has 0 amide bonds. The SMILES string of the molecule is C\C=C(C)/C=N\C(C)=C\CCC. The van der Waals surface area contributed by atoms with Crippen molar-refractivity contribution in [3.8, 4) is 0 Å². The third-order valence-electron chi connectivity index (χ3n) is 1.66. The molecule has 0 saturated carbocycles. The van der Waals surface area contributed by atoms with Crippen LogP contribution >= 0.6 is 0 Å². The van der Waals surface area contributed by atoms with E-state index in [1.165, 1.54) is 12.0 Å². The van der Waals surface area contributed by atoms with E-state index in [0.29, 0.717) is 0 Å². The number of aliphatic imine (C=N–C) groups is 1. The molecule has 0 atom stereocenters. The van der Waals surface area contributed by atoms with Crippen molar-refractivity contribution in [1.29, 1.82) is 0 Å². The lowest BCUT2D eigenvalue weighted by Crippen LogP contribution is -1.77. The lowest BCUT2D eigenvalue weighted by molar-refractivity contribution is 0.946. The number of allylic oxidation sites excluding steroid dienone is 4. The summed E-state index contributed by atoms with van der Waals surface area (Å²) in [4.78, 5) is 4.30. The normalized spacial score (nSPS) is 14.3. The van der Waals surface area contributed by atoms with Crippen LogP contribution in [0.1, 0.15) is 40.5 Å². The van der Waals surface area contributed by atoms with Crippen molar-refractivity contribution in [2.75, 3.05) is 0 Å². The first-order valence-electron chi connectivity index (χ1n) is 4.54. The second kappa shape index (κ2) is 6.84. The van der Waals surface area contributed by atoms with Gasteiger partial charge >= 0.3 is 0 Å². The van der Waals surface area contributed by atoms with Crippen LogP contribution in [0.3, 0.4) is 0 Å². The summed E-state index contributed by atoms with van der Waals surface area (Å²) in [6.45, 7) is 8.28. The predicted octanol–water partition coefficient (Wildman–Crippen LogP) is 3.73. The van der Waals surface area contributed by atoms with Crippen molar-refractivity contribution in [2.45, 2.75) is 40.5 Å². The van der Waals surface area contributed by atoms with Gasteiger partial charge in [-0.25, -0.2) is 0 Å². The van der Waals surface area contributed by atoms with Crippen LogP contribution in [-0.2, 0) is 0 Å². The highest BCUT2D eigenvalue weighted by Crippen LogP contribution is 1.99. The molecule has 0 radical (unpaired) electrons. The van der Waals surface area contributed by atoms with Gasteiger partial charge in [0.2, 0.25) is 0 Å². The monoisotopic (exact) mass is 165 g/mol. The Hall–Kier alpha value is -0.850. The summed E-state index contributed by atoms with van der Waals surface area (Å²) in [6, 6.07) is 0. The molecule has 0 aliphatic carbocycles. The van der Waals surface area contributed by atoms with Crippen LogP contribution in [0, 0.1) is 0 Å². The lowest BCUT2D eigenvalue weighted by atomic mass is 10.3. The maximum atomic E-state index is 4.30. The molecule has 0 aromatic carbocycles. The molecule has 0 aliphatic heterocycles. The zero-order valence-electron chi connectivity index (χ0n) is 8.59. The first-order valence-corrected chi connectivity index (χ1v) is 4.54. The van der Waals surface area contributed by atoms with E-state index in [9.17, 15) is 0 Å². The minimum atomic E-state index is 1.11. The molecule has 12 heavy (non-hydrogen) atoms. The van der Waals surface area contributed by atoms with Gasteiger partial charge in [-0.1, -0.05) is 25.5 Å². The minimum Gasteiger partial charge on any atom is -0.262 e. The quantitative estimate of drug-likeness (QED) is 0.563. The highest BCUT2D eigenvalue weighted by Gasteiger charge is 1.82. The van der Waals surface area contributed by atoms with E-state index in [1.54, 1.807) is 0 Å². The van der Waals surface area contributed by atoms with Gasteiger partial charge in [-0.3, -0.25) is 4.99 Å². The van der Waals surface area contributed by atoms with Crippen LogP contribution in [0.4, 0.5) is 0 Å². The Labute approximate surface area is 75.9 Å². The summed E-state index contributed by atoms with van der Waals surface area (Å²) in [5.74, 6) is 0. The van der Waals surface area contributed by atoms with Crippen molar-refractivity contribution in [3.63, 3.8) is 0 Å². The maximum absolute atomic E-state index is 4.30. The van der Waals surface area contributed by atoms with E-state index in [2.05, 4.69) is 31.0 Å².